The van der Waals surface area contributed by atoms with Crippen LogP contribution in [0.1, 0.15) is 73.4 Å². The summed E-state index contributed by atoms with van der Waals surface area (Å²) in [6.07, 6.45) is 1.33. The number of carbonyl (C=O) groups excluding carboxylic acids is 1. The van der Waals surface area contributed by atoms with Gasteiger partial charge in [-0.05, 0) is 28.3 Å². The number of aliphatic hydroxyl groups is 1. The summed E-state index contributed by atoms with van der Waals surface area (Å²) in [5.41, 5.74) is 7.38. The first-order chi connectivity index (χ1) is 20.1. The summed E-state index contributed by atoms with van der Waals surface area (Å²) in [5, 5.41) is 12.2. The molecule has 0 aliphatic heterocycles. The van der Waals surface area contributed by atoms with Crippen molar-refractivity contribution in [1.82, 2.24) is 4.98 Å². The fourth-order valence-electron chi connectivity index (χ4n) is 4.53. The van der Waals surface area contributed by atoms with Gasteiger partial charge < -0.3 is 5.11 Å². The van der Waals surface area contributed by atoms with Gasteiger partial charge in [0.15, 0.2) is 5.78 Å². The van der Waals surface area contributed by atoms with Gasteiger partial charge in [-0.1, -0.05) is 143 Å². The Bertz CT molecular complexity index is 1660. The molecule has 0 aliphatic carbocycles. The number of aryl methyl sites for hydroxylation is 1. The molecule has 1 radical (unpaired) electrons. The predicted octanol–water partition coefficient (Wildman–Crippen LogP) is 10.6. The molecule has 5 heteroatoms. The Labute approximate surface area is 287 Å². The summed E-state index contributed by atoms with van der Waals surface area (Å²) in [6.45, 7) is 27.2. The third-order valence-corrected chi connectivity index (χ3v) is 9.72. The molecular weight excluding hydrogens is 747 g/mol. The minimum absolute atomic E-state index is 0. The Morgan fingerprint density at radius 2 is 1.42 bits per heavy atom. The molecule has 1 aromatic heterocycles. The molecule has 0 atom stereocenters. The number of ketones is 1. The van der Waals surface area contributed by atoms with E-state index in [-0.39, 0.29) is 42.5 Å². The zero-order valence-electron chi connectivity index (χ0n) is 29.6. The van der Waals surface area contributed by atoms with Gasteiger partial charge in [0.25, 0.3) is 0 Å². The van der Waals surface area contributed by atoms with Gasteiger partial charge in [0, 0.05) is 42.4 Å². The molecule has 243 valence electrons. The van der Waals surface area contributed by atoms with Crippen LogP contribution in [-0.4, -0.2) is 23.9 Å². The number of benzene rings is 3. The van der Waals surface area contributed by atoms with E-state index in [1.54, 1.807) is 0 Å². The van der Waals surface area contributed by atoms with Crippen molar-refractivity contribution in [3.05, 3.63) is 95.8 Å². The summed E-state index contributed by atoms with van der Waals surface area (Å²) in [6, 6.07) is 27.9. The molecule has 0 spiro atoms. The van der Waals surface area contributed by atoms with Crippen molar-refractivity contribution in [2.75, 3.05) is 0 Å². The second-order valence-electron chi connectivity index (χ2n) is 16.0. The van der Waals surface area contributed by atoms with E-state index in [4.69, 9.17) is 4.98 Å². The van der Waals surface area contributed by atoms with Crippen LogP contribution in [0.15, 0.2) is 78.6 Å². The van der Waals surface area contributed by atoms with Crippen LogP contribution in [0.3, 0.4) is 0 Å². The van der Waals surface area contributed by atoms with E-state index in [9.17, 15) is 9.90 Å². The van der Waals surface area contributed by atoms with Crippen LogP contribution in [-0.2, 0) is 30.3 Å². The van der Waals surface area contributed by atoms with E-state index < -0.39 is 13.5 Å². The van der Waals surface area contributed by atoms with E-state index in [2.05, 4.69) is 120 Å². The van der Waals surface area contributed by atoms with Crippen LogP contribution in [0.25, 0.3) is 33.3 Å². The number of carbonyl (C=O) groups is 1. The molecule has 0 bridgehead atoms. The number of fused-ring (bicyclic) bond motifs is 1. The average molecular weight is 799 g/mol. The molecule has 1 N–H and O–H groups in total. The molecule has 0 aliphatic rings. The average Bonchev–Trinajstić information content (AvgIpc) is 2.90. The van der Waals surface area contributed by atoms with Gasteiger partial charge in [-0.15, -0.1) is 34.9 Å². The van der Waals surface area contributed by atoms with E-state index in [1.807, 2.05) is 41.5 Å². The summed E-state index contributed by atoms with van der Waals surface area (Å²) in [5.74, 6) is 0.104. The monoisotopic (exact) mass is 799 g/mol. The maximum Gasteiger partial charge on any atom is 0.164 e. The third kappa shape index (κ3) is 10.3. The molecular formula is C40H52IrNO2Si-. The van der Waals surface area contributed by atoms with Crippen molar-refractivity contribution >= 4 is 29.9 Å². The van der Waals surface area contributed by atoms with Gasteiger partial charge in [0.05, 0.1) is 13.6 Å². The summed E-state index contributed by atoms with van der Waals surface area (Å²) < 4.78 is 0. The van der Waals surface area contributed by atoms with Crippen LogP contribution in [0.5, 0.6) is 0 Å². The third-order valence-electron chi connectivity index (χ3n) is 7.68. The van der Waals surface area contributed by atoms with Crippen LogP contribution < -0.4 is 5.19 Å². The maximum atomic E-state index is 11.5. The number of hydrogen-bond acceptors (Lipinski definition) is 3. The molecule has 0 saturated carbocycles. The zero-order chi connectivity index (χ0) is 33.3. The van der Waals surface area contributed by atoms with Gasteiger partial charge in [0.2, 0.25) is 0 Å². The Morgan fingerprint density at radius 1 is 0.822 bits per heavy atom. The summed E-state index contributed by atoms with van der Waals surface area (Å²) in [4.78, 5) is 16.6. The molecule has 0 saturated heterocycles. The van der Waals surface area contributed by atoms with Crippen molar-refractivity contribution < 1.29 is 30.0 Å². The van der Waals surface area contributed by atoms with Gasteiger partial charge in [0.1, 0.15) is 5.76 Å². The number of nitrogens with zero attached hydrogens (tertiary/aromatic N) is 1. The first-order valence-corrected chi connectivity index (χ1v) is 19.1. The Kier molecular flexibility index (Phi) is 12.2. The maximum absolute atomic E-state index is 11.5. The van der Waals surface area contributed by atoms with Gasteiger partial charge in [-0.3, -0.25) is 9.78 Å². The first kappa shape index (κ1) is 38.3. The Hall–Kier alpha value is -2.85. The van der Waals surface area contributed by atoms with Crippen molar-refractivity contribution in [2.24, 2.45) is 10.8 Å². The zero-order valence-corrected chi connectivity index (χ0v) is 33.0. The molecule has 3 aromatic carbocycles. The van der Waals surface area contributed by atoms with E-state index in [0.717, 1.165) is 22.3 Å². The topological polar surface area (TPSA) is 50.2 Å². The minimum Gasteiger partial charge on any atom is -0.512 e. The van der Waals surface area contributed by atoms with Gasteiger partial charge >= 0.3 is 0 Å². The SMILES string of the molecule is CC(C)(C)C(=O)/C=C(\O)C(C)(C)C.Cc1[c-]c(-c2cc(-c3ccccc3)c3ccc([Si](C)(C)C)cc3n2)cc(C(C)(C)C)c1.[Ir]. The van der Waals surface area contributed by atoms with E-state index >= 15 is 0 Å². The number of aliphatic hydroxyl groups excluding tert-OH is 1. The number of hydrogen-bond donors (Lipinski definition) is 1. The Balaban J connectivity index is 0.000000430. The van der Waals surface area contributed by atoms with Crippen LogP contribution in [0.4, 0.5) is 0 Å². The standard InChI is InChI=1S/C29H32NSi.C11H20O2.Ir/c1-20-15-22(17-23(16-20)29(2,3)4)27-19-26(21-11-9-8-10-12-21)25-14-13-24(31(5,6)7)18-28(25)30-27;1-10(2,3)8(12)7-9(13)11(4,5)6;/h8-14,16-19H,1-7H3;7,12H,1-6H3;/q-1;;/b;8-7-;. The molecule has 4 rings (SSSR count). The quantitative estimate of drug-likeness (QED) is 0.0968. The van der Waals surface area contributed by atoms with Gasteiger partial charge in [-0.25, -0.2) is 0 Å². The van der Waals surface area contributed by atoms with E-state index in [0.29, 0.717) is 0 Å². The predicted molar refractivity (Wildman–Crippen MR) is 192 cm³/mol. The van der Waals surface area contributed by atoms with Crippen LogP contribution in [0.2, 0.25) is 19.6 Å². The number of rotatable bonds is 4. The number of allylic oxidation sites excluding steroid dienone is 2. The summed E-state index contributed by atoms with van der Waals surface area (Å²) >= 11 is 0. The first-order valence-electron chi connectivity index (χ1n) is 15.6. The number of pyridine rings is 1. The normalized spacial score (nSPS) is 12.7. The molecule has 0 unspecified atom stereocenters. The second-order valence-corrected chi connectivity index (χ2v) is 21.1. The number of aromatic nitrogens is 1. The fraction of sp³-hybridized carbons (Fsp3) is 0.400. The van der Waals surface area contributed by atoms with Gasteiger partial charge in [-0.2, -0.15) is 0 Å². The molecule has 45 heavy (non-hydrogen) atoms. The smallest absolute Gasteiger partial charge is 0.164 e. The molecule has 0 amide bonds. The van der Waals surface area contributed by atoms with Crippen molar-refractivity contribution in [1.29, 1.82) is 0 Å². The van der Waals surface area contributed by atoms with Crippen molar-refractivity contribution in [3.8, 4) is 22.4 Å². The molecule has 4 aromatic rings. The van der Waals surface area contributed by atoms with Crippen molar-refractivity contribution in [2.45, 2.75) is 94.3 Å². The minimum atomic E-state index is -1.43. The Morgan fingerprint density at radius 3 is 1.93 bits per heavy atom. The molecule has 0 fully saturated rings. The van der Waals surface area contributed by atoms with Crippen LogP contribution in [0, 0.1) is 23.8 Å². The van der Waals surface area contributed by atoms with Crippen LogP contribution >= 0.6 is 0 Å². The van der Waals surface area contributed by atoms with Crippen molar-refractivity contribution in [3.63, 3.8) is 0 Å². The van der Waals surface area contributed by atoms with E-state index in [1.165, 1.54) is 33.3 Å². The largest absolute Gasteiger partial charge is 0.512 e. The second kappa shape index (κ2) is 14.3. The fourth-order valence-corrected chi connectivity index (χ4v) is 5.69. The summed E-state index contributed by atoms with van der Waals surface area (Å²) in [7, 11) is -1.43. The molecule has 3 nitrogen and oxygen atoms in total. The molecule has 1 heterocycles.